The summed E-state index contributed by atoms with van der Waals surface area (Å²) in [6.45, 7) is 0. The van der Waals surface area contributed by atoms with Gasteiger partial charge in [-0.3, -0.25) is 10.1 Å². The molecule has 1 aromatic carbocycles. The maximum absolute atomic E-state index is 12.8. The van der Waals surface area contributed by atoms with Gasteiger partial charge >= 0.3 is 17.7 Å². The first-order valence-corrected chi connectivity index (χ1v) is 5.39. The quantitative estimate of drug-likeness (QED) is 0.690. The van der Waals surface area contributed by atoms with E-state index in [1.165, 1.54) is 12.1 Å². The number of nitrogen functional groups attached to an aromatic ring is 1. The zero-order valence-corrected chi connectivity index (χ0v) is 10.2. The molecule has 7 nitrogen and oxygen atoms in total. The standard InChI is InChI=1S/C11H7F3N4O3/c12-11(13,14)6-3-1-2-4-7(6)21-10-8(18(19)20)9(15)16-5-17-10/h1-5H,(H2,15,16,17). The van der Waals surface area contributed by atoms with Gasteiger partial charge in [-0.25, -0.2) is 4.98 Å². The van der Waals surface area contributed by atoms with E-state index < -0.39 is 39.8 Å². The lowest BCUT2D eigenvalue weighted by atomic mass is 10.2. The topological polar surface area (TPSA) is 104 Å². The molecule has 0 amide bonds. The summed E-state index contributed by atoms with van der Waals surface area (Å²) in [5.41, 5.74) is 3.42. The van der Waals surface area contributed by atoms with Crippen LogP contribution in [0.3, 0.4) is 0 Å². The summed E-state index contributed by atoms with van der Waals surface area (Å²) in [4.78, 5) is 16.8. The van der Waals surface area contributed by atoms with Crippen LogP contribution < -0.4 is 10.5 Å². The molecule has 2 rings (SSSR count). The first-order chi connectivity index (χ1) is 9.80. The number of ether oxygens (including phenoxy) is 1. The van der Waals surface area contributed by atoms with Crippen LogP contribution in [0.15, 0.2) is 30.6 Å². The minimum Gasteiger partial charge on any atom is -0.433 e. The minimum absolute atomic E-state index is 0.505. The van der Waals surface area contributed by atoms with Crippen molar-refractivity contribution < 1.29 is 22.8 Å². The Hall–Kier alpha value is -2.91. The third-order valence-electron chi connectivity index (χ3n) is 2.40. The molecule has 0 spiro atoms. The fraction of sp³-hybridized carbons (Fsp3) is 0.0909. The van der Waals surface area contributed by atoms with Crippen LogP contribution in [0.4, 0.5) is 24.7 Å². The fourth-order valence-electron chi connectivity index (χ4n) is 1.52. The molecule has 10 heteroatoms. The number of para-hydroxylation sites is 1. The molecule has 0 saturated heterocycles. The van der Waals surface area contributed by atoms with Gasteiger partial charge in [0.15, 0.2) is 0 Å². The van der Waals surface area contributed by atoms with E-state index in [0.717, 1.165) is 18.5 Å². The number of hydrogen-bond donors (Lipinski definition) is 1. The second kappa shape index (κ2) is 5.23. The van der Waals surface area contributed by atoms with Gasteiger partial charge in [0, 0.05) is 0 Å². The van der Waals surface area contributed by atoms with Gasteiger partial charge in [-0.05, 0) is 12.1 Å². The molecule has 0 aliphatic heterocycles. The SMILES string of the molecule is Nc1ncnc(Oc2ccccc2C(F)(F)F)c1[N+](=O)[O-]. The largest absolute Gasteiger partial charge is 0.433 e. The average molecular weight is 300 g/mol. The van der Waals surface area contributed by atoms with Gasteiger partial charge in [-0.2, -0.15) is 18.2 Å². The van der Waals surface area contributed by atoms with E-state index in [4.69, 9.17) is 10.5 Å². The minimum atomic E-state index is -4.68. The van der Waals surface area contributed by atoms with Crippen molar-refractivity contribution in [3.8, 4) is 11.6 Å². The van der Waals surface area contributed by atoms with E-state index in [2.05, 4.69) is 9.97 Å². The first-order valence-electron chi connectivity index (χ1n) is 5.39. The summed E-state index contributed by atoms with van der Waals surface area (Å²) >= 11 is 0. The van der Waals surface area contributed by atoms with Crippen molar-refractivity contribution >= 4 is 11.5 Å². The van der Waals surface area contributed by atoms with Crippen molar-refractivity contribution in [3.05, 3.63) is 46.3 Å². The van der Waals surface area contributed by atoms with Crippen LogP contribution in [0.25, 0.3) is 0 Å². The van der Waals surface area contributed by atoms with Crippen molar-refractivity contribution in [2.75, 3.05) is 5.73 Å². The van der Waals surface area contributed by atoms with Crippen LogP contribution in [-0.4, -0.2) is 14.9 Å². The summed E-state index contributed by atoms with van der Waals surface area (Å²) in [5, 5.41) is 10.9. The number of rotatable bonds is 3. The Kier molecular flexibility index (Phi) is 3.61. The zero-order valence-electron chi connectivity index (χ0n) is 10.2. The average Bonchev–Trinajstić information content (AvgIpc) is 2.37. The molecule has 110 valence electrons. The van der Waals surface area contributed by atoms with Gasteiger partial charge in [-0.15, -0.1) is 0 Å². The Morgan fingerprint density at radius 3 is 2.52 bits per heavy atom. The van der Waals surface area contributed by atoms with Crippen LogP contribution in [0.5, 0.6) is 11.6 Å². The maximum atomic E-state index is 12.8. The second-order valence-corrected chi connectivity index (χ2v) is 3.77. The number of nitro groups is 1. The molecule has 1 aromatic heterocycles. The van der Waals surface area contributed by atoms with Gasteiger partial charge in [0.2, 0.25) is 5.82 Å². The van der Waals surface area contributed by atoms with Gasteiger partial charge in [-0.1, -0.05) is 12.1 Å². The molecule has 0 fully saturated rings. The van der Waals surface area contributed by atoms with E-state index in [1.54, 1.807) is 0 Å². The molecule has 0 atom stereocenters. The van der Waals surface area contributed by atoms with E-state index in [1.807, 2.05) is 0 Å². The molecular formula is C11H7F3N4O3. The highest BCUT2D eigenvalue weighted by molar-refractivity contribution is 5.59. The molecule has 0 unspecified atom stereocenters. The zero-order chi connectivity index (χ0) is 15.6. The number of nitrogens with zero attached hydrogens (tertiary/aromatic N) is 3. The predicted octanol–water partition coefficient (Wildman–Crippen LogP) is 2.78. The van der Waals surface area contributed by atoms with Crippen molar-refractivity contribution in [2.45, 2.75) is 6.18 Å². The highest BCUT2D eigenvalue weighted by Gasteiger charge is 2.35. The lowest BCUT2D eigenvalue weighted by Gasteiger charge is -2.12. The third-order valence-corrected chi connectivity index (χ3v) is 2.40. The summed E-state index contributed by atoms with van der Waals surface area (Å²) in [5.74, 6) is -1.79. The summed E-state index contributed by atoms with van der Waals surface area (Å²) < 4.78 is 43.4. The fourth-order valence-corrected chi connectivity index (χ4v) is 1.52. The van der Waals surface area contributed by atoms with E-state index >= 15 is 0 Å². The van der Waals surface area contributed by atoms with Gasteiger partial charge in [0.05, 0.1) is 10.5 Å². The Balaban J connectivity index is 2.50. The number of anilines is 1. The number of nitrogens with two attached hydrogens (primary N) is 1. The molecule has 21 heavy (non-hydrogen) atoms. The summed E-state index contributed by atoms with van der Waals surface area (Å²) in [6, 6.07) is 4.26. The van der Waals surface area contributed by atoms with Crippen LogP contribution in [0, 0.1) is 10.1 Å². The molecule has 1 heterocycles. The Morgan fingerprint density at radius 2 is 1.90 bits per heavy atom. The van der Waals surface area contributed by atoms with Crippen molar-refractivity contribution in [3.63, 3.8) is 0 Å². The van der Waals surface area contributed by atoms with Crippen LogP contribution in [0.2, 0.25) is 0 Å². The first kappa shape index (κ1) is 14.5. The molecule has 0 saturated carbocycles. The lowest BCUT2D eigenvalue weighted by Crippen LogP contribution is -2.08. The van der Waals surface area contributed by atoms with Crippen molar-refractivity contribution in [2.24, 2.45) is 0 Å². The molecule has 0 aliphatic carbocycles. The molecular weight excluding hydrogens is 293 g/mol. The van der Waals surface area contributed by atoms with Crippen LogP contribution in [0.1, 0.15) is 5.56 Å². The lowest BCUT2D eigenvalue weighted by molar-refractivity contribution is -0.385. The van der Waals surface area contributed by atoms with Crippen LogP contribution in [-0.2, 0) is 6.18 Å². The second-order valence-electron chi connectivity index (χ2n) is 3.77. The predicted molar refractivity (Wildman–Crippen MR) is 64.6 cm³/mol. The van der Waals surface area contributed by atoms with E-state index in [9.17, 15) is 23.3 Å². The van der Waals surface area contributed by atoms with E-state index in [-0.39, 0.29) is 0 Å². The Morgan fingerprint density at radius 1 is 1.24 bits per heavy atom. The molecule has 2 aromatic rings. The monoisotopic (exact) mass is 300 g/mol. The number of aromatic nitrogens is 2. The van der Waals surface area contributed by atoms with Crippen molar-refractivity contribution in [1.29, 1.82) is 0 Å². The highest BCUT2D eigenvalue weighted by Crippen LogP contribution is 2.39. The van der Waals surface area contributed by atoms with Crippen molar-refractivity contribution in [1.82, 2.24) is 9.97 Å². The number of alkyl halides is 3. The number of halogens is 3. The summed E-state index contributed by atoms with van der Waals surface area (Å²) in [7, 11) is 0. The molecule has 0 radical (unpaired) electrons. The smallest absolute Gasteiger partial charge is 0.419 e. The maximum Gasteiger partial charge on any atom is 0.419 e. The number of benzene rings is 1. The Bertz CT molecular complexity index is 691. The van der Waals surface area contributed by atoms with Gasteiger partial charge in [0.1, 0.15) is 12.1 Å². The Labute approximate surface area is 115 Å². The molecule has 0 bridgehead atoms. The number of hydrogen-bond acceptors (Lipinski definition) is 6. The van der Waals surface area contributed by atoms with Gasteiger partial charge < -0.3 is 10.5 Å². The van der Waals surface area contributed by atoms with Crippen LogP contribution >= 0.6 is 0 Å². The molecule has 0 aliphatic rings. The molecule has 2 N–H and O–H groups in total. The van der Waals surface area contributed by atoms with E-state index in [0.29, 0.717) is 0 Å². The van der Waals surface area contributed by atoms with Gasteiger partial charge in [0.25, 0.3) is 0 Å². The summed E-state index contributed by atoms with van der Waals surface area (Å²) in [6.07, 6.45) is -3.82. The third kappa shape index (κ3) is 2.99. The normalized spacial score (nSPS) is 11.2. The highest BCUT2D eigenvalue weighted by atomic mass is 19.4.